The summed E-state index contributed by atoms with van der Waals surface area (Å²) in [5.41, 5.74) is 1.09. The van der Waals surface area contributed by atoms with Crippen LogP contribution in [-0.2, 0) is 6.54 Å². The van der Waals surface area contributed by atoms with Gasteiger partial charge in [-0.05, 0) is 70.3 Å². The average molecular weight is 518 g/mol. The van der Waals surface area contributed by atoms with Crippen molar-refractivity contribution >= 4 is 29.9 Å². The molecule has 6 nitrogen and oxygen atoms in total. The predicted octanol–water partition coefficient (Wildman–Crippen LogP) is 4.03. The van der Waals surface area contributed by atoms with Gasteiger partial charge in [0.25, 0.3) is 0 Å². The zero-order chi connectivity index (χ0) is 20.2. The van der Waals surface area contributed by atoms with Gasteiger partial charge in [0.05, 0.1) is 20.8 Å². The quantitative estimate of drug-likeness (QED) is 0.212. The second kappa shape index (κ2) is 14.7. The maximum atomic E-state index is 5.37. The SMILES string of the molecule is CCNC(=NCc1ccc(OC)c(OC)c1)NCCCCN1CCCCC1C.I. The zero-order valence-corrected chi connectivity index (χ0v) is 20.8. The minimum Gasteiger partial charge on any atom is -0.493 e. The third-order valence-corrected chi connectivity index (χ3v) is 5.32. The van der Waals surface area contributed by atoms with Gasteiger partial charge in [-0.2, -0.15) is 0 Å². The number of aliphatic imine (C=N–C) groups is 1. The highest BCUT2D eigenvalue weighted by Gasteiger charge is 2.16. The van der Waals surface area contributed by atoms with Crippen LogP contribution < -0.4 is 20.1 Å². The maximum absolute atomic E-state index is 5.37. The molecule has 166 valence electrons. The first-order chi connectivity index (χ1) is 13.7. The van der Waals surface area contributed by atoms with E-state index in [0.29, 0.717) is 6.54 Å². The fraction of sp³-hybridized carbons (Fsp3) is 0.682. The van der Waals surface area contributed by atoms with Gasteiger partial charge >= 0.3 is 0 Å². The molecule has 1 aromatic rings. The largest absolute Gasteiger partial charge is 0.493 e. The monoisotopic (exact) mass is 518 g/mol. The molecule has 0 amide bonds. The van der Waals surface area contributed by atoms with Crippen molar-refractivity contribution in [1.29, 1.82) is 0 Å². The lowest BCUT2D eigenvalue weighted by Gasteiger charge is -2.33. The van der Waals surface area contributed by atoms with Crippen molar-refractivity contribution in [3.8, 4) is 11.5 Å². The molecule has 1 aliphatic rings. The molecule has 1 heterocycles. The predicted molar refractivity (Wildman–Crippen MR) is 132 cm³/mol. The molecule has 1 fully saturated rings. The van der Waals surface area contributed by atoms with Crippen molar-refractivity contribution in [2.45, 2.75) is 58.5 Å². The van der Waals surface area contributed by atoms with Crippen molar-refractivity contribution in [3.63, 3.8) is 0 Å². The number of guanidine groups is 1. The van der Waals surface area contributed by atoms with Gasteiger partial charge in [0, 0.05) is 19.1 Å². The smallest absolute Gasteiger partial charge is 0.191 e. The number of unbranched alkanes of at least 4 members (excludes halogenated alkanes) is 1. The highest BCUT2D eigenvalue weighted by atomic mass is 127. The molecule has 7 heteroatoms. The second-order valence-electron chi connectivity index (χ2n) is 7.40. The van der Waals surface area contributed by atoms with Gasteiger partial charge in [-0.25, -0.2) is 4.99 Å². The lowest BCUT2D eigenvalue weighted by molar-refractivity contribution is 0.158. The fourth-order valence-corrected chi connectivity index (χ4v) is 3.63. The molecule has 0 aromatic heterocycles. The Morgan fingerprint density at radius 3 is 2.62 bits per heavy atom. The number of likely N-dealkylation sites (tertiary alicyclic amines) is 1. The van der Waals surface area contributed by atoms with Crippen LogP contribution in [0.3, 0.4) is 0 Å². The van der Waals surface area contributed by atoms with Crippen LogP contribution in [0.1, 0.15) is 51.5 Å². The standard InChI is InChI=1S/C22H38N4O2.HI/c1-5-23-22(24-13-7-9-15-26-14-8-6-10-18(26)2)25-17-19-11-12-20(27-3)21(16-19)28-4;/h11-12,16,18H,5-10,13-15,17H2,1-4H3,(H2,23,24,25);1H. The van der Waals surface area contributed by atoms with E-state index >= 15 is 0 Å². The molecular formula is C22H39IN4O2. The van der Waals surface area contributed by atoms with Crippen molar-refractivity contribution in [2.75, 3.05) is 40.4 Å². The Morgan fingerprint density at radius 2 is 1.93 bits per heavy atom. The maximum Gasteiger partial charge on any atom is 0.191 e. The summed E-state index contributed by atoms with van der Waals surface area (Å²) in [6.45, 7) is 9.32. The Morgan fingerprint density at radius 1 is 1.14 bits per heavy atom. The molecule has 0 saturated carbocycles. The minimum absolute atomic E-state index is 0. The molecule has 1 saturated heterocycles. The number of nitrogens with zero attached hydrogens (tertiary/aromatic N) is 2. The highest BCUT2D eigenvalue weighted by Crippen LogP contribution is 2.27. The fourth-order valence-electron chi connectivity index (χ4n) is 3.63. The summed E-state index contributed by atoms with van der Waals surface area (Å²) in [5.74, 6) is 2.34. The van der Waals surface area contributed by atoms with Gasteiger partial charge < -0.3 is 25.0 Å². The molecule has 0 spiro atoms. The first-order valence-electron chi connectivity index (χ1n) is 10.6. The van der Waals surface area contributed by atoms with Gasteiger partial charge in [0.15, 0.2) is 17.5 Å². The summed E-state index contributed by atoms with van der Waals surface area (Å²) >= 11 is 0. The molecule has 0 radical (unpaired) electrons. The number of benzene rings is 1. The van der Waals surface area contributed by atoms with Gasteiger partial charge in [-0.15, -0.1) is 24.0 Å². The molecule has 2 rings (SSSR count). The number of rotatable bonds is 10. The molecule has 0 aliphatic carbocycles. The Kier molecular flexibility index (Phi) is 13.1. The van der Waals surface area contributed by atoms with Crippen molar-refractivity contribution < 1.29 is 9.47 Å². The van der Waals surface area contributed by atoms with Gasteiger partial charge in [-0.1, -0.05) is 12.5 Å². The Balaban J connectivity index is 0.00000420. The summed E-state index contributed by atoms with van der Waals surface area (Å²) in [6.07, 6.45) is 6.49. The molecule has 1 aromatic carbocycles. The summed E-state index contributed by atoms with van der Waals surface area (Å²) in [6, 6.07) is 6.67. The summed E-state index contributed by atoms with van der Waals surface area (Å²) in [4.78, 5) is 7.34. The summed E-state index contributed by atoms with van der Waals surface area (Å²) in [7, 11) is 3.30. The molecule has 2 N–H and O–H groups in total. The Bertz CT molecular complexity index is 612. The molecule has 1 unspecified atom stereocenters. The topological polar surface area (TPSA) is 58.1 Å². The van der Waals surface area contributed by atoms with Crippen LogP contribution in [0.5, 0.6) is 11.5 Å². The lowest BCUT2D eigenvalue weighted by Crippen LogP contribution is -2.39. The minimum atomic E-state index is 0. The van der Waals surface area contributed by atoms with E-state index in [4.69, 9.17) is 14.5 Å². The molecular weight excluding hydrogens is 479 g/mol. The normalized spacial score (nSPS) is 17.4. The molecule has 1 aliphatic heterocycles. The van der Waals surface area contributed by atoms with Crippen molar-refractivity contribution in [1.82, 2.24) is 15.5 Å². The number of ether oxygens (including phenoxy) is 2. The van der Waals surface area contributed by atoms with E-state index in [0.717, 1.165) is 48.6 Å². The van der Waals surface area contributed by atoms with E-state index in [1.807, 2.05) is 18.2 Å². The van der Waals surface area contributed by atoms with Crippen LogP contribution in [-0.4, -0.2) is 57.3 Å². The van der Waals surface area contributed by atoms with Gasteiger partial charge in [0.2, 0.25) is 0 Å². The third kappa shape index (κ3) is 8.99. The van der Waals surface area contributed by atoms with Crippen LogP contribution in [0.4, 0.5) is 0 Å². The number of nitrogens with one attached hydrogen (secondary N) is 2. The van der Waals surface area contributed by atoms with E-state index in [9.17, 15) is 0 Å². The van der Waals surface area contributed by atoms with Crippen molar-refractivity contribution in [3.05, 3.63) is 23.8 Å². The average Bonchev–Trinajstić information content (AvgIpc) is 2.72. The number of piperidine rings is 1. The van der Waals surface area contributed by atoms with Crippen molar-refractivity contribution in [2.24, 2.45) is 4.99 Å². The third-order valence-electron chi connectivity index (χ3n) is 5.32. The van der Waals surface area contributed by atoms with E-state index < -0.39 is 0 Å². The molecule has 0 bridgehead atoms. The highest BCUT2D eigenvalue weighted by molar-refractivity contribution is 14.0. The second-order valence-corrected chi connectivity index (χ2v) is 7.40. The van der Waals surface area contributed by atoms with E-state index in [1.54, 1.807) is 14.2 Å². The Hall–Kier alpha value is -1.22. The van der Waals surface area contributed by atoms with Crippen LogP contribution in [0.25, 0.3) is 0 Å². The summed E-state index contributed by atoms with van der Waals surface area (Å²) < 4.78 is 10.7. The first kappa shape index (κ1) is 25.8. The molecule has 29 heavy (non-hydrogen) atoms. The number of hydrogen-bond donors (Lipinski definition) is 2. The van der Waals surface area contributed by atoms with Crippen LogP contribution in [0, 0.1) is 0 Å². The number of hydrogen-bond acceptors (Lipinski definition) is 4. The van der Waals surface area contributed by atoms with Gasteiger partial charge in [-0.3, -0.25) is 0 Å². The number of halogens is 1. The first-order valence-corrected chi connectivity index (χ1v) is 10.6. The van der Waals surface area contributed by atoms with E-state index in [1.165, 1.54) is 38.8 Å². The van der Waals surface area contributed by atoms with Crippen LogP contribution in [0.2, 0.25) is 0 Å². The van der Waals surface area contributed by atoms with E-state index in [-0.39, 0.29) is 24.0 Å². The number of methoxy groups -OCH3 is 2. The van der Waals surface area contributed by atoms with Crippen LogP contribution in [0.15, 0.2) is 23.2 Å². The lowest BCUT2D eigenvalue weighted by atomic mass is 10.0. The van der Waals surface area contributed by atoms with E-state index in [2.05, 4.69) is 29.4 Å². The zero-order valence-electron chi connectivity index (χ0n) is 18.5. The van der Waals surface area contributed by atoms with Crippen LogP contribution >= 0.6 is 24.0 Å². The van der Waals surface area contributed by atoms with Gasteiger partial charge in [0.1, 0.15) is 0 Å². The Labute approximate surface area is 193 Å². The summed E-state index contributed by atoms with van der Waals surface area (Å²) in [5, 5.41) is 6.78. The molecule has 1 atom stereocenters.